The minimum atomic E-state index is -0.194. The number of nitrogens with two attached hydrogens (primary N) is 1. The third-order valence-corrected chi connectivity index (χ3v) is 3.25. The van der Waals surface area contributed by atoms with Crippen molar-refractivity contribution in [1.29, 1.82) is 0 Å². The zero-order valence-electron chi connectivity index (χ0n) is 12.1. The molecular weight excluding hydrogens is 264 g/mol. The molecule has 0 bridgehead atoms. The number of carbonyl (C=O) groups is 1. The molecule has 4 nitrogen and oxygen atoms in total. The van der Waals surface area contributed by atoms with Crippen LogP contribution in [-0.4, -0.2) is 19.6 Å². The highest BCUT2D eigenvalue weighted by Gasteiger charge is 2.08. The van der Waals surface area contributed by atoms with Crippen LogP contribution in [0.25, 0.3) is 0 Å². The number of rotatable bonds is 6. The van der Waals surface area contributed by atoms with Crippen molar-refractivity contribution in [1.82, 2.24) is 5.32 Å². The van der Waals surface area contributed by atoms with Crippen molar-refractivity contribution in [2.45, 2.75) is 12.5 Å². The molecule has 1 amide bonds. The quantitative estimate of drug-likeness (QED) is 0.853. The van der Waals surface area contributed by atoms with Gasteiger partial charge in [0.1, 0.15) is 5.75 Å². The maximum atomic E-state index is 11.9. The molecule has 0 saturated carbocycles. The molecule has 0 aliphatic heterocycles. The normalized spacial score (nSPS) is 11.7. The summed E-state index contributed by atoms with van der Waals surface area (Å²) in [6.07, 6.45) is 0.318. The summed E-state index contributed by atoms with van der Waals surface area (Å²) >= 11 is 0. The highest BCUT2D eigenvalue weighted by Crippen LogP contribution is 2.13. The Labute approximate surface area is 124 Å². The Hall–Kier alpha value is -2.33. The van der Waals surface area contributed by atoms with Gasteiger partial charge in [0.15, 0.2) is 0 Å². The van der Waals surface area contributed by atoms with Crippen LogP contribution < -0.4 is 15.8 Å². The fraction of sp³-hybridized carbons (Fsp3) is 0.235. The predicted molar refractivity (Wildman–Crippen MR) is 83.1 cm³/mol. The number of hydrogen-bond donors (Lipinski definition) is 2. The van der Waals surface area contributed by atoms with Crippen LogP contribution in [0.2, 0.25) is 0 Å². The number of benzene rings is 2. The van der Waals surface area contributed by atoms with Gasteiger partial charge in [0.05, 0.1) is 13.5 Å². The highest BCUT2D eigenvalue weighted by atomic mass is 16.5. The molecule has 110 valence electrons. The van der Waals surface area contributed by atoms with Crippen LogP contribution in [0.15, 0.2) is 54.6 Å². The van der Waals surface area contributed by atoms with Crippen LogP contribution in [0.4, 0.5) is 0 Å². The van der Waals surface area contributed by atoms with E-state index in [4.69, 9.17) is 10.5 Å². The van der Waals surface area contributed by atoms with Crippen molar-refractivity contribution in [2.75, 3.05) is 13.7 Å². The van der Waals surface area contributed by atoms with Gasteiger partial charge >= 0.3 is 0 Å². The maximum absolute atomic E-state index is 11.9. The molecule has 4 heteroatoms. The largest absolute Gasteiger partial charge is 0.497 e. The van der Waals surface area contributed by atoms with Gasteiger partial charge in [0.2, 0.25) is 5.91 Å². The van der Waals surface area contributed by atoms with Crippen LogP contribution in [0.3, 0.4) is 0 Å². The first kappa shape index (κ1) is 15.1. The Balaban J connectivity index is 1.84. The number of amides is 1. The van der Waals surface area contributed by atoms with E-state index in [-0.39, 0.29) is 11.9 Å². The minimum absolute atomic E-state index is 0.0466. The van der Waals surface area contributed by atoms with Crippen LogP contribution in [0.1, 0.15) is 17.2 Å². The Bertz CT molecular complexity index is 584. The van der Waals surface area contributed by atoms with Crippen LogP contribution >= 0.6 is 0 Å². The lowest BCUT2D eigenvalue weighted by molar-refractivity contribution is -0.120. The number of hydrogen-bond acceptors (Lipinski definition) is 3. The van der Waals surface area contributed by atoms with Gasteiger partial charge in [0, 0.05) is 12.6 Å². The standard InChI is InChI=1S/C17H20N2O2/c1-21-15-9-5-6-13(10-15)11-17(20)19-12-16(18)14-7-3-2-4-8-14/h2-10,16H,11-12,18H2,1H3,(H,19,20). The molecule has 0 spiro atoms. The van der Waals surface area contributed by atoms with Crippen LogP contribution in [-0.2, 0) is 11.2 Å². The molecule has 0 aliphatic rings. The maximum Gasteiger partial charge on any atom is 0.224 e. The lowest BCUT2D eigenvalue weighted by atomic mass is 10.1. The Morgan fingerprint density at radius 3 is 2.67 bits per heavy atom. The Morgan fingerprint density at radius 2 is 1.95 bits per heavy atom. The lowest BCUT2D eigenvalue weighted by Gasteiger charge is -2.13. The summed E-state index contributed by atoms with van der Waals surface area (Å²) in [6, 6.07) is 17.0. The topological polar surface area (TPSA) is 64.3 Å². The van der Waals surface area contributed by atoms with Gasteiger partial charge in [-0.15, -0.1) is 0 Å². The molecule has 0 radical (unpaired) electrons. The van der Waals surface area contributed by atoms with Gasteiger partial charge in [-0.3, -0.25) is 4.79 Å². The number of carbonyl (C=O) groups excluding carboxylic acids is 1. The first-order chi connectivity index (χ1) is 10.2. The second kappa shape index (κ2) is 7.45. The first-order valence-electron chi connectivity index (χ1n) is 6.89. The van der Waals surface area contributed by atoms with Crippen molar-refractivity contribution in [3.8, 4) is 5.75 Å². The smallest absolute Gasteiger partial charge is 0.224 e. The average Bonchev–Trinajstić information content (AvgIpc) is 2.53. The molecule has 2 rings (SSSR count). The van der Waals surface area contributed by atoms with E-state index >= 15 is 0 Å². The molecular formula is C17H20N2O2. The summed E-state index contributed by atoms with van der Waals surface area (Å²) in [5, 5.41) is 2.86. The molecule has 0 fully saturated rings. The minimum Gasteiger partial charge on any atom is -0.497 e. The van der Waals surface area contributed by atoms with Crippen molar-refractivity contribution in [3.63, 3.8) is 0 Å². The lowest BCUT2D eigenvalue weighted by Crippen LogP contribution is -2.32. The molecule has 1 unspecified atom stereocenters. The summed E-state index contributed by atoms with van der Waals surface area (Å²) in [7, 11) is 1.61. The zero-order chi connectivity index (χ0) is 15.1. The van der Waals surface area contributed by atoms with Gasteiger partial charge < -0.3 is 15.8 Å². The van der Waals surface area contributed by atoms with E-state index < -0.39 is 0 Å². The zero-order valence-corrected chi connectivity index (χ0v) is 12.1. The Morgan fingerprint density at radius 1 is 1.19 bits per heavy atom. The van der Waals surface area contributed by atoms with Gasteiger partial charge in [0.25, 0.3) is 0 Å². The van der Waals surface area contributed by atoms with E-state index in [1.807, 2.05) is 54.6 Å². The number of methoxy groups -OCH3 is 1. The molecule has 2 aromatic carbocycles. The van der Waals surface area contributed by atoms with Gasteiger partial charge in [-0.05, 0) is 23.3 Å². The molecule has 3 N–H and O–H groups in total. The van der Waals surface area contributed by atoms with Gasteiger partial charge in [-0.25, -0.2) is 0 Å². The van der Waals surface area contributed by atoms with E-state index in [0.717, 1.165) is 16.9 Å². The molecule has 1 atom stereocenters. The molecule has 0 saturated heterocycles. The monoisotopic (exact) mass is 284 g/mol. The number of nitrogens with one attached hydrogen (secondary N) is 1. The van der Waals surface area contributed by atoms with Gasteiger partial charge in [-0.1, -0.05) is 42.5 Å². The third-order valence-electron chi connectivity index (χ3n) is 3.25. The molecule has 0 heterocycles. The summed E-state index contributed by atoms with van der Waals surface area (Å²) in [4.78, 5) is 11.9. The molecule has 2 aromatic rings. The average molecular weight is 284 g/mol. The van der Waals surface area contributed by atoms with E-state index in [9.17, 15) is 4.79 Å². The SMILES string of the molecule is COc1cccc(CC(=O)NCC(N)c2ccccc2)c1. The van der Waals surface area contributed by atoms with Gasteiger partial charge in [-0.2, -0.15) is 0 Å². The molecule has 21 heavy (non-hydrogen) atoms. The van der Waals surface area contributed by atoms with E-state index in [1.165, 1.54) is 0 Å². The first-order valence-corrected chi connectivity index (χ1v) is 6.89. The van der Waals surface area contributed by atoms with E-state index in [1.54, 1.807) is 7.11 Å². The summed E-state index contributed by atoms with van der Waals surface area (Å²) in [5.41, 5.74) is 7.98. The fourth-order valence-corrected chi connectivity index (χ4v) is 2.07. The summed E-state index contributed by atoms with van der Waals surface area (Å²) in [5.74, 6) is 0.705. The number of ether oxygens (including phenoxy) is 1. The van der Waals surface area contributed by atoms with Crippen molar-refractivity contribution >= 4 is 5.91 Å². The fourth-order valence-electron chi connectivity index (χ4n) is 2.07. The van der Waals surface area contributed by atoms with Crippen LogP contribution in [0.5, 0.6) is 5.75 Å². The highest BCUT2D eigenvalue weighted by molar-refractivity contribution is 5.78. The Kier molecular flexibility index (Phi) is 5.35. The van der Waals surface area contributed by atoms with Crippen LogP contribution in [0, 0.1) is 0 Å². The van der Waals surface area contributed by atoms with Crippen molar-refractivity contribution in [2.24, 2.45) is 5.73 Å². The second-order valence-corrected chi connectivity index (χ2v) is 4.85. The van der Waals surface area contributed by atoms with E-state index in [0.29, 0.717) is 13.0 Å². The summed E-state index contributed by atoms with van der Waals surface area (Å²) in [6.45, 7) is 0.423. The summed E-state index contributed by atoms with van der Waals surface area (Å²) < 4.78 is 5.14. The predicted octanol–water partition coefficient (Wildman–Crippen LogP) is 2.05. The third kappa shape index (κ3) is 4.61. The second-order valence-electron chi connectivity index (χ2n) is 4.85. The van der Waals surface area contributed by atoms with Crippen molar-refractivity contribution in [3.05, 3.63) is 65.7 Å². The van der Waals surface area contributed by atoms with E-state index in [2.05, 4.69) is 5.32 Å². The molecule has 0 aromatic heterocycles. The van der Waals surface area contributed by atoms with Crippen molar-refractivity contribution < 1.29 is 9.53 Å². The molecule has 0 aliphatic carbocycles.